The van der Waals surface area contributed by atoms with Crippen LogP contribution in [-0.4, -0.2) is 64.8 Å². The molecule has 2 aromatic carbocycles. The van der Waals surface area contributed by atoms with Crippen LogP contribution in [0.25, 0.3) is 0 Å². The van der Waals surface area contributed by atoms with E-state index >= 15 is 0 Å². The van der Waals surface area contributed by atoms with Gasteiger partial charge in [0.2, 0.25) is 11.7 Å². The van der Waals surface area contributed by atoms with E-state index in [0.29, 0.717) is 48.2 Å². The van der Waals surface area contributed by atoms with Crippen LogP contribution < -0.4 is 24.3 Å². The molecule has 184 valence electrons. The van der Waals surface area contributed by atoms with Crippen LogP contribution in [0.5, 0.6) is 23.0 Å². The summed E-state index contributed by atoms with van der Waals surface area (Å²) in [6, 6.07) is 10.8. The Morgan fingerprint density at radius 2 is 1.68 bits per heavy atom. The predicted octanol–water partition coefficient (Wildman–Crippen LogP) is 3.49. The lowest BCUT2D eigenvalue weighted by atomic mass is 9.88. The van der Waals surface area contributed by atoms with Crippen LogP contribution in [-0.2, 0) is 4.79 Å². The smallest absolute Gasteiger partial charge is 0.254 e. The zero-order valence-electron chi connectivity index (χ0n) is 20.6. The second-order valence-electron chi connectivity index (χ2n) is 8.26. The highest BCUT2D eigenvalue weighted by atomic mass is 16.5. The molecule has 3 rings (SSSR count). The van der Waals surface area contributed by atoms with Crippen LogP contribution in [0, 0.1) is 5.92 Å². The molecule has 1 fully saturated rings. The van der Waals surface area contributed by atoms with Crippen molar-refractivity contribution in [3.05, 3.63) is 47.5 Å². The minimum atomic E-state index is -0.408. The van der Waals surface area contributed by atoms with E-state index in [1.54, 1.807) is 57.6 Å². The first-order valence-electron chi connectivity index (χ1n) is 11.5. The van der Waals surface area contributed by atoms with Gasteiger partial charge in [0.1, 0.15) is 5.75 Å². The minimum absolute atomic E-state index is 0.0619. The summed E-state index contributed by atoms with van der Waals surface area (Å²) in [7, 11) is 6.23. The molecule has 2 atom stereocenters. The molecule has 8 nitrogen and oxygen atoms in total. The number of amides is 2. The Labute approximate surface area is 201 Å². The molecule has 0 spiro atoms. The summed E-state index contributed by atoms with van der Waals surface area (Å²) in [4.78, 5) is 28.3. The second-order valence-corrected chi connectivity index (χ2v) is 8.26. The monoisotopic (exact) mass is 470 g/mol. The van der Waals surface area contributed by atoms with E-state index < -0.39 is 5.92 Å². The Hall–Kier alpha value is -3.42. The van der Waals surface area contributed by atoms with Crippen molar-refractivity contribution in [2.45, 2.75) is 25.7 Å². The number of nitrogens with one attached hydrogen (secondary N) is 1. The quantitative estimate of drug-likeness (QED) is 0.535. The van der Waals surface area contributed by atoms with E-state index in [1.807, 2.05) is 12.1 Å². The van der Waals surface area contributed by atoms with Crippen LogP contribution in [0.1, 0.15) is 41.6 Å². The number of unbranched alkanes of at least 4 members (excludes halogenated alkanes) is 1. The van der Waals surface area contributed by atoms with Gasteiger partial charge in [-0.2, -0.15) is 0 Å². The van der Waals surface area contributed by atoms with E-state index in [-0.39, 0.29) is 17.7 Å². The van der Waals surface area contributed by atoms with Crippen molar-refractivity contribution in [1.82, 2.24) is 10.2 Å². The number of ether oxygens (including phenoxy) is 4. The highest BCUT2D eigenvalue weighted by Gasteiger charge is 2.41. The highest BCUT2D eigenvalue weighted by molar-refractivity contribution is 5.95. The van der Waals surface area contributed by atoms with Gasteiger partial charge in [-0.05, 0) is 42.3 Å². The van der Waals surface area contributed by atoms with Crippen LogP contribution in [0.3, 0.4) is 0 Å². The Balaban J connectivity index is 1.95. The molecular weight excluding hydrogens is 436 g/mol. The summed E-state index contributed by atoms with van der Waals surface area (Å²) in [6.07, 6.45) is 1.89. The number of likely N-dealkylation sites (tertiary alicyclic amines) is 1. The number of nitrogens with zero attached hydrogens (tertiary/aromatic N) is 1. The summed E-state index contributed by atoms with van der Waals surface area (Å²) in [6.45, 7) is 3.39. The first kappa shape index (κ1) is 25.2. The third kappa shape index (κ3) is 5.38. The summed E-state index contributed by atoms with van der Waals surface area (Å²) in [5.74, 6) is 1.28. The average Bonchev–Trinajstić information content (AvgIpc) is 3.33. The summed E-state index contributed by atoms with van der Waals surface area (Å²) in [5, 5.41) is 3.04. The molecule has 0 bridgehead atoms. The number of benzene rings is 2. The molecule has 2 aromatic rings. The van der Waals surface area contributed by atoms with Crippen LogP contribution >= 0.6 is 0 Å². The first-order valence-corrected chi connectivity index (χ1v) is 11.5. The van der Waals surface area contributed by atoms with Gasteiger partial charge in [0, 0.05) is 31.1 Å². The van der Waals surface area contributed by atoms with Gasteiger partial charge in [0.15, 0.2) is 11.5 Å². The Morgan fingerprint density at radius 1 is 0.971 bits per heavy atom. The van der Waals surface area contributed by atoms with Crippen molar-refractivity contribution in [3.8, 4) is 23.0 Å². The maximum atomic E-state index is 13.3. The number of rotatable bonds is 10. The zero-order valence-corrected chi connectivity index (χ0v) is 20.6. The fourth-order valence-corrected chi connectivity index (χ4v) is 4.35. The number of hydrogen-bond acceptors (Lipinski definition) is 6. The average molecular weight is 471 g/mol. The standard InChI is InChI=1S/C26H34N2O6/c1-6-7-11-27-25(29)21-16-28(26(30)17-9-8-10-19(12-17)31-2)15-20(21)18-13-22(32-3)24(34-5)23(14-18)33-4/h8-10,12-14,20-21H,6-7,11,15-16H2,1-5H3,(H,27,29)/t20-,21-/m1/s1. The van der Waals surface area contributed by atoms with E-state index in [0.717, 1.165) is 18.4 Å². The van der Waals surface area contributed by atoms with Gasteiger partial charge in [-0.15, -0.1) is 0 Å². The second kappa shape index (κ2) is 11.6. The molecule has 1 N–H and O–H groups in total. The molecule has 1 aliphatic heterocycles. The maximum Gasteiger partial charge on any atom is 0.254 e. The van der Waals surface area contributed by atoms with Gasteiger partial charge in [-0.25, -0.2) is 0 Å². The van der Waals surface area contributed by atoms with Crippen molar-refractivity contribution in [2.75, 3.05) is 48.1 Å². The lowest BCUT2D eigenvalue weighted by Gasteiger charge is -2.21. The molecule has 0 aromatic heterocycles. The number of hydrogen-bond donors (Lipinski definition) is 1. The van der Waals surface area contributed by atoms with Gasteiger partial charge in [0.25, 0.3) is 5.91 Å². The van der Waals surface area contributed by atoms with E-state index in [1.165, 1.54) is 0 Å². The Bertz CT molecular complexity index is 984. The van der Waals surface area contributed by atoms with E-state index in [2.05, 4.69) is 12.2 Å². The molecule has 0 unspecified atom stereocenters. The number of carbonyl (C=O) groups is 2. The fraction of sp³-hybridized carbons (Fsp3) is 0.462. The molecule has 1 aliphatic rings. The molecule has 2 amide bonds. The third-order valence-electron chi connectivity index (χ3n) is 6.21. The lowest BCUT2D eigenvalue weighted by molar-refractivity contribution is -0.124. The summed E-state index contributed by atoms with van der Waals surface area (Å²) < 4.78 is 21.8. The number of methoxy groups -OCH3 is 4. The highest BCUT2D eigenvalue weighted by Crippen LogP contribution is 2.43. The van der Waals surface area contributed by atoms with Crippen molar-refractivity contribution in [3.63, 3.8) is 0 Å². The molecule has 0 saturated carbocycles. The molecule has 0 aliphatic carbocycles. The van der Waals surface area contributed by atoms with Gasteiger partial charge >= 0.3 is 0 Å². The molecular formula is C26H34N2O6. The maximum absolute atomic E-state index is 13.3. The zero-order chi connectivity index (χ0) is 24.7. The topological polar surface area (TPSA) is 86.3 Å². The van der Waals surface area contributed by atoms with Crippen LogP contribution in [0.4, 0.5) is 0 Å². The van der Waals surface area contributed by atoms with Gasteiger partial charge < -0.3 is 29.2 Å². The molecule has 1 heterocycles. The van der Waals surface area contributed by atoms with Crippen molar-refractivity contribution < 1.29 is 28.5 Å². The van der Waals surface area contributed by atoms with E-state index in [4.69, 9.17) is 18.9 Å². The first-order chi connectivity index (χ1) is 16.5. The molecule has 0 radical (unpaired) electrons. The SMILES string of the molecule is CCCCNC(=O)[C@@H]1CN(C(=O)c2cccc(OC)c2)C[C@@H]1c1cc(OC)c(OC)c(OC)c1. The van der Waals surface area contributed by atoms with Gasteiger partial charge in [-0.3, -0.25) is 9.59 Å². The lowest BCUT2D eigenvalue weighted by Crippen LogP contribution is -2.36. The van der Waals surface area contributed by atoms with Crippen LogP contribution in [0.15, 0.2) is 36.4 Å². The van der Waals surface area contributed by atoms with Gasteiger partial charge in [-0.1, -0.05) is 19.4 Å². The van der Waals surface area contributed by atoms with Crippen molar-refractivity contribution in [2.24, 2.45) is 5.92 Å². The summed E-state index contributed by atoms with van der Waals surface area (Å²) in [5.41, 5.74) is 1.38. The Kier molecular flexibility index (Phi) is 8.62. The number of carbonyl (C=O) groups excluding carboxylic acids is 2. The van der Waals surface area contributed by atoms with Gasteiger partial charge in [0.05, 0.1) is 34.4 Å². The predicted molar refractivity (Wildman–Crippen MR) is 129 cm³/mol. The Morgan fingerprint density at radius 3 is 2.26 bits per heavy atom. The fourth-order valence-electron chi connectivity index (χ4n) is 4.35. The van der Waals surface area contributed by atoms with Crippen molar-refractivity contribution in [1.29, 1.82) is 0 Å². The van der Waals surface area contributed by atoms with Crippen LogP contribution in [0.2, 0.25) is 0 Å². The third-order valence-corrected chi connectivity index (χ3v) is 6.21. The molecule has 34 heavy (non-hydrogen) atoms. The largest absolute Gasteiger partial charge is 0.497 e. The van der Waals surface area contributed by atoms with Crippen molar-refractivity contribution >= 4 is 11.8 Å². The normalized spacial score (nSPS) is 17.3. The molecule has 8 heteroatoms. The summed E-state index contributed by atoms with van der Waals surface area (Å²) >= 11 is 0. The molecule has 1 saturated heterocycles. The minimum Gasteiger partial charge on any atom is -0.497 e. The van der Waals surface area contributed by atoms with E-state index in [9.17, 15) is 9.59 Å².